The summed E-state index contributed by atoms with van der Waals surface area (Å²) < 4.78 is 5.35. The second-order valence-electron chi connectivity index (χ2n) is 4.85. The molecule has 1 aromatic heterocycles. The van der Waals surface area contributed by atoms with Crippen molar-refractivity contribution in [2.45, 2.75) is 31.7 Å². The summed E-state index contributed by atoms with van der Waals surface area (Å²) in [4.78, 5) is 4.48. The van der Waals surface area contributed by atoms with Gasteiger partial charge >= 0.3 is 0 Å². The molecule has 0 spiro atoms. The number of hydrogen-bond acceptors (Lipinski definition) is 4. The summed E-state index contributed by atoms with van der Waals surface area (Å²) in [7, 11) is 0. The van der Waals surface area contributed by atoms with Gasteiger partial charge in [-0.15, -0.1) is 12.4 Å². The highest BCUT2D eigenvalue weighted by atomic mass is 35.5. The average molecular weight is 314 g/mol. The molecule has 1 N–H and O–H groups in total. The predicted molar refractivity (Wildman–Crippen MR) is 80.4 cm³/mol. The molecule has 1 aromatic carbocycles. The molecule has 0 bridgehead atoms. The summed E-state index contributed by atoms with van der Waals surface area (Å²) >= 11 is 5.86. The lowest BCUT2D eigenvalue weighted by atomic mass is 10.1. The molecule has 4 nitrogen and oxygen atoms in total. The topological polar surface area (TPSA) is 51.0 Å². The molecular weight excluding hydrogens is 297 g/mol. The van der Waals surface area contributed by atoms with Gasteiger partial charge in [0, 0.05) is 11.4 Å². The van der Waals surface area contributed by atoms with E-state index in [1.807, 2.05) is 24.3 Å². The van der Waals surface area contributed by atoms with Crippen LogP contribution in [-0.4, -0.2) is 16.7 Å². The molecule has 1 aliphatic rings. The van der Waals surface area contributed by atoms with Crippen LogP contribution in [0.2, 0.25) is 5.02 Å². The van der Waals surface area contributed by atoms with E-state index in [9.17, 15) is 0 Å². The Balaban J connectivity index is 0.00000147. The maximum Gasteiger partial charge on any atom is 0.243 e. The Morgan fingerprint density at radius 2 is 2.05 bits per heavy atom. The van der Waals surface area contributed by atoms with Crippen LogP contribution in [0.3, 0.4) is 0 Å². The largest absolute Gasteiger partial charge is 0.338 e. The lowest BCUT2D eigenvalue weighted by Crippen LogP contribution is -2.27. The first-order chi connectivity index (χ1) is 9.31. The van der Waals surface area contributed by atoms with Gasteiger partial charge in [-0.3, -0.25) is 0 Å². The van der Waals surface area contributed by atoms with Crippen molar-refractivity contribution >= 4 is 24.0 Å². The Bertz CT molecular complexity index is 536. The van der Waals surface area contributed by atoms with Gasteiger partial charge in [0.05, 0.1) is 6.04 Å². The zero-order chi connectivity index (χ0) is 13.1. The molecule has 0 saturated carbocycles. The smallest absolute Gasteiger partial charge is 0.243 e. The highest BCUT2D eigenvalue weighted by Crippen LogP contribution is 2.21. The van der Waals surface area contributed by atoms with Crippen molar-refractivity contribution < 1.29 is 4.52 Å². The number of hydrogen-bond donors (Lipinski definition) is 1. The SMILES string of the molecule is Cl.Clc1ccc(Cc2noc(C3CCCCN3)n2)cc1. The molecule has 0 amide bonds. The summed E-state index contributed by atoms with van der Waals surface area (Å²) in [5.74, 6) is 1.44. The van der Waals surface area contributed by atoms with Crippen molar-refractivity contribution in [3.63, 3.8) is 0 Å². The monoisotopic (exact) mass is 313 g/mol. The summed E-state index contributed by atoms with van der Waals surface area (Å²) in [5, 5.41) is 8.20. The standard InChI is InChI=1S/C14H16ClN3O.ClH/c15-11-6-4-10(5-7-11)9-13-17-14(19-18-13)12-3-1-2-8-16-12;/h4-7,12,16H,1-3,8-9H2;1H. The van der Waals surface area contributed by atoms with E-state index < -0.39 is 0 Å². The molecule has 6 heteroatoms. The van der Waals surface area contributed by atoms with Crippen LogP contribution in [0.1, 0.15) is 42.6 Å². The van der Waals surface area contributed by atoms with Gasteiger partial charge in [-0.2, -0.15) is 4.98 Å². The van der Waals surface area contributed by atoms with Crippen molar-refractivity contribution in [1.82, 2.24) is 15.5 Å². The first-order valence-electron chi connectivity index (χ1n) is 6.61. The number of nitrogens with one attached hydrogen (secondary N) is 1. The Kier molecular flexibility index (Phi) is 5.40. The van der Waals surface area contributed by atoms with Crippen molar-refractivity contribution in [3.8, 4) is 0 Å². The van der Waals surface area contributed by atoms with Gasteiger partial charge in [-0.05, 0) is 37.1 Å². The highest BCUT2D eigenvalue weighted by Gasteiger charge is 2.20. The van der Waals surface area contributed by atoms with Crippen molar-refractivity contribution in [1.29, 1.82) is 0 Å². The first kappa shape index (κ1) is 15.3. The summed E-state index contributed by atoms with van der Waals surface area (Å²) in [6.45, 7) is 1.03. The normalized spacial score (nSPS) is 18.6. The molecule has 1 atom stereocenters. The third-order valence-corrected chi connectivity index (χ3v) is 3.62. The third-order valence-electron chi connectivity index (χ3n) is 3.37. The summed E-state index contributed by atoms with van der Waals surface area (Å²) in [6.07, 6.45) is 4.19. The van der Waals surface area contributed by atoms with E-state index in [4.69, 9.17) is 16.1 Å². The van der Waals surface area contributed by atoms with Gasteiger partial charge in [0.2, 0.25) is 5.89 Å². The Hall–Kier alpha value is -1.10. The number of piperidine rings is 1. The van der Waals surface area contributed by atoms with Gasteiger partial charge in [0.25, 0.3) is 0 Å². The molecular formula is C14H17Cl2N3O. The molecule has 20 heavy (non-hydrogen) atoms. The van der Waals surface area contributed by atoms with Crippen molar-refractivity contribution in [2.24, 2.45) is 0 Å². The molecule has 2 aromatic rings. The van der Waals surface area contributed by atoms with Gasteiger partial charge < -0.3 is 9.84 Å². The molecule has 108 valence electrons. The van der Waals surface area contributed by atoms with E-state index in [1.165, 1.54) is 12.8 Å². The number of benzene rings is 1. The maximum absolute atomic E-state index is 5.86. The minimum Gasteiger partial charge on any atom is -0.338 e. The zero-order valence-corrected chi connectivity index (χ0v) is 12.6. The lowest BCUT2D eigenvalue weighted by molar-refractivity contribution is 0.296. The van der Waals surface area contributed by atoms with Crippen molar-refractivity contribution in [2.75, 3.05) is 6.54 Å². The molecule has 1 aliphatic heterocycles. The number of aromatic nitrogens is 2. The van der Waals surface area contributed by atoms with E-state index >= 15 is 0 Å². The van der Waals surface area contributed by atoms with Gasteiger partial charge in [0.1, 0.15) is 0 Å². The average Bonchev–Trinajstić information content (AvgIpc) is 2.91. The Morgan fingerprint density at radius 3 is 2.75 bits per heavy atom. The van der Waals surface area contributed by atoms with Gasteiger partial charge in [0.15, 0.2) is 5.82 Å². The molecule has 3 rings (SSSR count). The van der Waals surface area contributed by atoms with Gasteiger partial charge in [-0.25, -0.2) is 0 Å². The second-order valence-corrected chi connectivity index (χ2v) is 5.29. The minimum atomic E-state index is 0. The molecule has 2 heterocycles. The van der Waals surface area contributed by atoms with E-state index in [1.54, 1.807) is 0 Å². The minimum absolute atomic E-state index is 0. The number of nitrogens with zero attached hydrogens (tertiary/aromatic N) is 2. The number of halogens is 2. The predicted octanol–water partition coefficient (Wildman–Crippen LogP) is 3.55. The van der Waals surface area contributed by atoms with Crippen LogP contribution in [0, 0.1) is 0 Å². The second kappa shape index (κ2) is 7.07. The Labute approximate surface area is 129 Å². The van der Waals surface area contributed by atoms with Crippen LogP contribution < -0.4 is 5.32 Å². The third kappa shape index (κ3) is 3.72. The fraction of sp³-hybridized carbons (Fsp3) is 0.429. The fourth-order valence-corrected chi connectivity index (χ4v) is 2.45. The van der Waals surface area contributed by atoms with Crippen LogP contribution in [0.25, 0.3) is 0 Å². The van der Waals surface area contributed by atoms with Crippen LogP contribution in [0.15, 0.2) is 28.8 Å². The molecule has 1 saturated heterocycles. The Morgan fingerprint density at radius 1 is 1.25 bits per heavy atom. The molecule has 0 radical (unpaired) electrons. The fourth-order valence-electron chi connectivity index (χ4n) is 2.33. The van der Waals surface area contributed by atoms with Gasteiger partial charge in [-0.1, -0.05) is 35.3 Å². The van der Waals surface area contributed by atoms with E-state index in [0.717, 1.165) is 29.4 Å². The highest BCUT2D eigenvalue weighted by molar-refractivity contribution is 6.30. The van der Waals surface area contributed by atoms with Crippen LogP contribution in [0.5, 0.6) is 0 Å². The molecule has 1 unspecified atom stereocenters. The summed E-state index contributed by atoms with van der Waals surface area (Å²) in [5.41, 5.74) is 1.13. The molecule has 1 fully saturated rings. The van der Waals surface area contributed by atoms with Crippen LogP contribution in [-0.2, 0) is 6.42 Å². The van der Waals surface area contributed by atoms with E-state index in [0.29, 0.717) is 12.3 Å². The quantitative estimate of drug-likeness (QED) is 0.941. The first-order valence-corrected chi connectivity index (χ1v) is 6.99. The zero-order valence-electron chi connectivity index (χ0n) is 11.0. The van der Waals surface area contributed by atoms with E-state index in [2.05, 4.69) is 15.5 Å². The molecule has 0 aliphatic carbocycles. The summed E-state index contributed by atoms with van der Waals surface area (Å²) in [6, 6.07) is 7.94. The van der Waals surface area contributed by atoms with Crippen molar-refractivity contribution in [3.05, 3.63) is 46.6 Å². The number of rotatable bonds is 3. The lowest BCUT2D eigenvalue weighted by Gasteiger charge is -2.19. The van der Waals surface area contributed by atoms with Crippen LogP contribution >= 0.6 is 24.0 Å². The maximum atomic E-state index is 5.86. The van der Waals surface area contributed by atoms with E-state index in [-0.39, 0.29) is 18.4 Å². The van der Waals surface area contributed by atoms with Crippen LogP contribution in [0.4, 0.5) is 0 Å².